The van der Waals surface area contributed by atoms with Crippen LogP contribution in [0.15, 0.2) is 0 Å². The molecule has 1 atom stereocenters. The molecule has 6 nitrogen and oxygen atoms in total. The molecule has 0 heterocycles. The zero-order chi connectivity index (χ0) is 9.56. The first-order valence-electron chi connectivity index (χ1n) is 3.34. The molecule has 3 N–H and O–H groups in total. The lowest BCUT2D eigenvalue weighted by atomic mass is 10.4. The highest BCUT2D eigenvalue weighted by atomic mass is 16.7. The fourth-order valence-corrected chi connectivity index (χ4v) is 0.371. The first-order chi connectivity index (χ1) is 5.57. The van der Waals surface area contributed by atoms with Crippen molar-refractivity contribution in [3.63, 3.8) is 0 Å². The molecular weight excluding hydrogens is 166 g/mol. The van der Waals surface area contributed by atoms with Crippen LogP contribution in [0.5, 0.6) is 0 Å². The van der Waals surface area contributed by atoms with Crippen molar-refractivity contribution in [2.45, 2.75) is 13.0 Å². The Morgan fingerprint density at radius 3 is 2.58 bits per heavy atom. The van der Waals surface area contributed by atoms with Crippen LogP contribution in [0.3, 0.4) is 0 Å². The minimum Gasteiger partial charge on any atom is -0.479 e. The van der Waals surface area contributed by atoms with Gasteiger partial charge < -0.3 is 20.3 Å². The number of ether oxygens (including phenoxy) is 2. The first kappa shape index (κ1) is 10.7. The maximum atomic E-state index is 10.6. The van der Waals surface area contributed by atoms with Crippen LogP contribution in [0.1, 0.15) is 6.92 Å². The van der Waals surface area contributed by atoms with E-state index in [9.17, 15) is 9.59 Å². The van der Waals surface area contributed by atoms with Crippen LogP contribution in [0.2, 0.25) is 0 Å². The molecule has 0 amide bonds. The molecule has 0 aromatic rings. The fraction of sp³-hybridized carbons (Fsp3) is 0.667. The molecule has 1 unspecified atom stereocenters. The Labute approximate surface area is 69.2 Å². The summed E-state index contributed by atoms with van der Waals surface area (Å²) < 4.78 is 8.66. The Bertz CT molecular complexity index is 169. The van der Waals surface area contributed by atoms with Crippen LogP contribution in [0, 0.1) is 0 Å². The molecule has 0 saturated carbocycles. The number of rotatable bonds is 4. The van der Waals surface area contributed by atoms with Gasteiger partial charge in [0.25, 0.3) is 0 Å². The standard InChI is InChI=1S/C6H11NO5/c1-4(5(8)9)12-6(10)11-3-2-7/h4H,2-3,7H2,1H3,(H,8,9). The predicted octanol–water partition coefficient (Wildman–Crippen LogP) is -0.429. The summed E-state index contributed by atoms with van der Waals surface area (Å²) in [4.78, 5) is 20.7. The molecule has 0 bridgehead atoms. The lowest BCUT2D eigenvalue weighted by Crippen LogP contribution is -2.25. The van der Waals surface area contributed by atoms with Crippen molar-refractivity contribution in [2.75, 3.05) is 13.2 Å². The van der Waals surface area contributed by atoms with Crippen LogP contribution < -0.4 is 5.73 Å². The van der Waals surface area contributed by atoms with E-state index in [0.717, 1.165) is 0 Å². The third-order valence-electron chi connectivity index (χ3n) is 0.959. The summed E-state index contributed by atoms with van der Waals surface area (Å²) in [6, 6.07) is 0. The molecule has 0 aliphatic carbocycles. The monoisotopic (exact) mass is 177 g/mol. The van der Waals surface area contributed by atoms with Gasteiger partial charge in [0.05, 0.1) is 0 Å². The summed E-state index contributed by atoms with van der Waals surface area (Å²) in [6.45, 7) is 1.42. The van der Waals surface area contributed by atoms with Gasteiger partial charge in [0.1, 0.15) is 6.61 Å². The van der Waals surface area contributed by atoms with Crippen LogP contribution in [0.25, 0.3) is 0 Å². The fourth-order valence-electron chi connectivity index (χ4n) is 0.371. The molecule has 0 fully saturated rings. The van der Waals surface area contributed by atoms with E-state index in [-0.39, 0.29) is 13.2 Å². The second kappa shape index (κ2) is 5.36. The summed E-state index contributed by atoms with van der Waals surface area (Å²) in [7, 11) is 0. The van der Waals surface area contributed by atoms with Gasteiger partial charge in [0.2, 0.25) is 0 Å². The molecule has 70 valence electrons. The predicted molar refractivity (Wildman–Crippen MR) is 38.6 cm³/mol. The minimum atomic E-state index is -1.22. The van der Waals surface area contributed by atoms with Crippen LogP contribution >= 0.6 is 0 Å². The van der Waals surface area contributed by atoms with E-state index < -0.39 is 18.2 Å². The number of hydrogen-bond acceptors (Lipinski definition) is 5. The number of hydrogen-bond donors (Lipinski definition) is 2. The van der Waals surface area contributed by atoms with Crippen molar-refractivity contribution in [1.82, 2.24) is 0 Å². The van der Waals surface area contributed by atoms with E-state index in [2.05, 4.69) is 9.47 Å². The topological polar surface area (TPSA) is 98.9 Å². The van der Waals surface area contributed by atoms with Gasteiger partial charge in [-0.05, 0) is 6.92 Å². The van der Waals surface area contributed by atoms with E-state index >= 15 is 0 Å². The van der Waals surface area contributed by atoms with Gasteiger partial charge in [-0.3, -0.25) is 0 Å². The van der Waals surface area contributed by atoms with Crippen molar-refractivity contribution in [3.8, 4) is 0 Å². The molecule has 0 aromatic carbocycles. The Hall–Kier alpha value is -1.30. The van der Waals surface area contributed by atoms with Crippen LogP contribution in [-0.2, 0) is 14.3 Å². The normalized spacial score (nSPS) is 11.8. The Morgan fingerprint density at radius 2 is 2.17 bits per heavy atom. The van der Waals surface area contributed by atoms with Crippen LogP contribution in [-0.4, -0.2) is 36.5 Å². The lowest BCUT2D eigenvalue weighted by molar-refractivity contribution is -0.147. The highest BCUT2D eigenvalue weighted by Gasteiger charge is 2.16. The molecule has 0 rings (SSSR count). The van der Waals surface area contributed by atoms with Gasteiger partial charge in [-0.2, -0.15) is 0 Å². The van der Waals surface area contributed by atoms with Crippen molar-refractivity contribution >= 4 is 12.1 Å². The summed E-state index contributed by atoms with van der Waals surface area (Å²) in [6.07, 6.45) is -2.22. The third kappa shape index (κ3) is 4.51. The molecule has 0 radical (unpaired) electrons. The van der Waals surface area contributed by atoms with E-state index in [1.807, 2.05) is 0 Å². The molecule has 0 aliphatic heterocycles. The molecule has 12 heavy (non-hydrogen) atoms. The summed E-state index contributed by atoms with van der Waals surface area (Å²) in [5.41, 5.74) is 5.02. The summed E-state index contributed by atoms with van der Waals surface area (Å²) in [5.74, 6) is -1.22. The SMILES string of the molecule is CC(OC(=O)OCCN)C(=O)O. The summed E-state index contributed by atoms with van der Waals surface area (Å²) >= 11 is 0. The van der Waals surface area contributed by atoms with Crippen molar-refractivity contribution in [2.24, 2.45) is 5.73 Å². The summed E-state index contributed by atoms with van der Waals surface area (Å²) in [5, 5.41) is 8.30. The molecule has 0 aromatic heterocycles. The van der Waals surface area contributed by atoms with Crippen molar-refractivity contribution in [3.05, 3.63) is 0 Å². The van der Waals surface area contributed by atoms with E-state index in [1.165, 1.54) is 6.92 Å². The van der Waals surface area contributed by atoms with Gasteiger partial charge in [-0.1, -0.05) is 0 Å². The quantitative estimate of drug-likeness (QED) is 0.565. The van der Waals surface area contributed by atoms with Gasteiger partial charge in [0, 0.05) is 6.54 Å². The average Bonchev–Trinajstić information content (AvgIpc) is 2.00. The smallest absolute Gasteiger partial charge is 0.479 e. The lowest BCUT2D eigenvalue weighted by Gasteiger charge is -2.07. The van der Waals surface area contributed by atoms with Gasteiger partial charge in [-0.15, -0.1) is 0 Å². The third-order valence-corrected chi connectivity index (χ3v) is 0.959. The van der Waals surface area contributed by atoms with Crippen LogP contribution in [0.4, 0.5) is 4.79 Å². The maximum Gasteiger partial charge on any atom is 0.509 e. The zero-order valence-corrected chi connectivity index (χ0v) is 6.65. The van der Waals surface area contributed by atoms with E-state index in [4.69, 9.17) is 10.8 Å². The molecule has 0 aliphatic rings. The van der Waals surface area contributed by atoms with Gasteiger partial charge in [-0.25, -0.2) is 9.59 Å². The highest BCUT2D eigenvalue weighted by molar-refractivity contribution is 5.74. The second-order valence-electron chi connectivity index (χ2n) is 1.99. The average molecular weight is 177 g/mol. The second-order valence-corrected chi connectivity index (χ2v) is 1.99. The van der Waals surface area contributed by atoms with Gasteiger partial charge >= 0.3 is 12.1 Å². The van der Waals surface area contributed by atoms with Crippen molar-refractivity contribution < 1.29 is 24.2 Å². The highest BCUT2D eigenvalue weighted by Crippen LogP contribution is 1.93. The number of carboxylic acid groups (broad SMARTS) is 1. The number of carbonyl (C=O) groups excluding carboxylic acids is 1. The molecule has 0 saturated heterocycles. The minimum absolute atomic E-state index is 0.0190. The van der Waals surface area contributed by atoms with Crippen molar-refractivity contribution in [1.29, 1.82) is 0 Å². The largest absolute Gasteiger partial charge is 0.509 e. The Balaban J connectivity index is 3.61. The van der Waals surface area contributed by atoms with Gasteiger partial charge in [0.15, 0.2) is 6.10 Å². The number of carboxylic acids is 1. The first-order valence-corrected chi connectivity index (χ1v) is 3.34. The molecular formula is C6H11NO5. The number of aliphatic carboxylic acids is 1. The Kier molecular flexibility index (Phi) is 4.78. The van der Waals surface area contributed by atoms with E-state index in [1.54, 1.807) is 0 Å². The zero-order valence-electron chi connectivity index (χ0n) is 6.65. The molecule has 0 spiro atoms. The number of nitrogens with two attached hydrogens (primary N) is 1. The van der Waals surface area contributed by atoms with E-state index in [0.29, 0.717) is 0 Å². The Morgan fingerprint density at radius 1 is 1.58 bits per heavy atom. The number of carbonyl (C=O) groups is 2. The molecule has 6 heteroatoms. The maximum absolute atomic E-state index is 10.6.